The third kappa shape index (κ3) is 3.34. The van der Waals surface area contributed by atoms with Crippen molar-refractivity contribution in [3.63, 3.8) is 0 Å². The smallest absolute Gasteiger partial charge is 0.436 e. The van der Waals surface area contributed by atoms with Gasteiger partial charge >= 0.3 is 17.9 Å². The van der Waals surface area contributed by atoms with Gasteiger partial charge in [0, 0.05) is 13.8 Å². The van der Waals surface area contributed by atoms with Gasteiger partial charge in [-0.25, -0.2) is 0 Å². The van der Waals surface area contributed by atoms with Crippen molar-refractivity contribution in [1.29, 1.82) is 0 Å². The van der Waals surface area contributed by atoms with E-state index in [2.05, 4.69) is 4.98 Å². The number of hydrogen-bond donors (Lipinski definition) is 1. The van der Waals surface area contributed by atoms with Crippen LogP contribution in [0.25, 0.3) is 0 Å². The molecule has 4 atom stereocenters. The van der Waals surface area contributed by atoms with E-state index >= 15 is 0 Å². The van der Waals surface area contributed by atoms with Gasteiger partial charge < -0.3 is 29.4 Å². The summed E-state index contributed by atoms with van der Waals surface area (Å²) in [6.07, 6.45) is -1.89. The molecule has 2 rings (SSSR count). The highest BCUT2D eigenvalue weighted by Gasteiger charge is 2.61. The summed E-state index contributed by atoms with van der Waals surface area (Å²) in [6.45, 7) is 1.19. The Bertz CT molecular complexity index is 703. The number of ether oxygens (including phenoxy) is 3. The van der Waals surface area contributed by atoms with Gasteiger partial charge in [-0.05, 0) is 4.92 Å². The van der Waals surface area contributed by atoms with Crippen LogP contribution in [0, 0.1) is 10.1 Å². The van der Waals surface area contributed by atoms with E-state index in [9.17, 15) is 29.6 Å². The Kier molecular flexibility index (Phi) is 5.13. The maximum atomic E-state index is 11.5. The Morgan fingerprint density at radius 2 is 2.12 bits per heavy atom. The third-order valence-corrected chi connectivity index (χ3v) is 3.53. The Balaban J connectivity index is 2.55. The molecule has 25 heavy (non-hydrogen) atoms. The van der Waals surface area contributed by atoms with Crippen molar-refractivity contribution in [1.82, 2.24) is 9.55 Å². The largest absolute Gasteiger partial charge is 0.455 e. The Hall–Kier alpha value is -2.86. The molecule has 0 aromatic carbocycles. The van der Waals surface area contributed by atoms with Crippen LogP contribution in [0.4, 0.5) is 5.95 Å². The number of imidazole rings is 1. The molecule has 0 saturated carbocycles. The summed E-state index contributed by atoms with van der Waals surface area (Å²) in [5, 5.41) is 20.7. The standard InChI is InChI=1S/C13H15N3O9/c1-7(19)23-9-10(24-8(2)20)13(5-17,6-18)25-11(9)15-4-3-14-12(15)16(21)22/h3-5,9-11,18H,6H2,1-2H3/t9-,10-,11-,13+/m0/s1. The lowest BCUT2D eigenvalue weighted by atomic mass is 9.97. The third-order valence-electron chi connectivity index (χ3n) is 3.53. The first-order chi connectivity index (χ1) is 11.8. The minimum Gasteiger partial charge on any atom is -0.455 e. The summed E-state index contributed by atoms with van der Waals surface area (Å²) in [5.41, 5.74) is -2.06. The van der Waals surface area contributed by atoms with Crippen LogP contribution in [0.15, 0.2) is 12.4 Å². The molecular weight excluding hydrogens is 342 g/mol. The normalized spacial score (nSPS) is 28.4. The van der Waals surface area contributed by atoms with Crippen LogP contribution in [0.1, 0.15) is 20.1 Å². The maximum Gasteiger partial charge on any atom is 0.436 e. The van der Waals surface area contributed by atoms with Crippen LogP contribution in [0.3, 0.4) is 0 Å². The lowest BCUT2D eigenvalue weighted by Crippen LogP contribution is -2.50. The molecule has 2 heterocycles. The zero-order chi connectivity index (χ0) is 18.8. The first kappa shape index (κ1) is 18.5. The van der Waals surface area contributed by atoms with Crippen LogP contribution in [-0.2, 0) is 28.6 Å². The van der Waals surface area contributed by atoms with Crippen LogP contribution < -0.4 is 0 Å². The second-order valence-electron chi connectivity index (χ2n) is 5.24. The molecule has 12 nitrogen and oxygen atoms in total. The highest BCUT2D eigenvalue weighted by molar-refractivity contribution is 5.71. The second kappa shape index (κ2) is 6.94. The number of aliphatic hydroxyl groups is 1. The van der Waals surface area contributed by atoms with E-state index in [-0.39, 0.29) is 6.29 Å². The van der Waals surface area contributed by atoms with E-state index in [1.165, 1.54) is 6.20 Å². The number of aromatic nitrogens is 2. The fourth-order valence-corrected chi connectivity index (χ4v) is 2.56. The number of carbonyl (C=O) groups excluding carboxylic acids is 3. The van der Waals surface area contributed by atoms with Crippen LogP contribution in [-0.4, -0.2) is 62.2 Å². The number of aldehydes is 1. The quantitative estimate of drug-likeness (QED) is 0.293. The molecule has 12 heteroatoms. The van der Waals surface area contributed by atoms with Crippen molar-refractivity contribution >= 4 is 24.2 Å². The molecule has 1 aromatic rings. The zero-order valence-corrected chi connectivity index (χ0v) is 13.2. The fraction of sp³-hybridized carbons (Fsp3) is 0.538. The number of aliphatic hydroxyl groups excluding tert-OH is 1. The van der Waals surface area contributed by atoms with Gasteiger partial charge in [0.25, 0.3) is 0 Å². The van der Waals surface area contributed by atoms with E-state index in [0.717, 1.165) is 24.6 Å². The minimum atomic E-state index is -2.06. The first-order valence-electron chi connectivity index (χ1n) is 7.02. The first-order valence-corrected chi connectivity index (χ1v) is 7.02. The topological polar surface area (TPSA) is 160 Å². The van der Waals surface area contributed by atoms with Crippen molar-refractivity contribution in [2.45, 2.75) is 37.9 Å². The van der Waals surface area contributed by atoms with Crippen molar-refractivity contribution in [2.75, 3.05) is 6.61 Å². The molecule has 1 aliphatic rings. The summed E-state index contributed by atoms with van der Waals surface area (Å²) in [4.78, 5) is 48.2. The zero-order valence-electron chi connectivity index (χ0n) is 13.2. The molecule has 0 spiro atoms. The highest BCUT2D eigenvalue weighted by atomic mass is 16.7. The number of nitrogens with zero attached hydrogens (tertiary/aromatic N) is 3. The van der Waals surface area contributed by atoms with Crippen molar-refractivity contribution in [3.8, 4) is 0 Å². The van der Waals surface area contributed by atoms with Gasteiger partial charge in [0.1, 0.15) is 12.4 Å². The Morgan fingerprint density at radius 3 is 2.60 bits per heavy atom. The average Bonchev–Trinajstić information content (AvgIpc) is 3.11. The predicted molar refractivity (Wildman–Crippen MR) is 76.0 cm³/mol. The lowest BCUT2D eigenvalue weighted by molar-refractivity contribution is -0.398. The van der Waals surface area contributed by atoms with Crippen molar-refractivity contribution < 1.29 is 38.6 Å². The van der Waals surface area contributed by atoms with Gasteiger partial charge in [0.15, 0.2) is 18.0 Å². The van der Waals surface area contributed by atoms with Gasteiger partial charge in [-0.2, -0.15) is 4.57 Å². The van der Waals surface area contributed by atoms with E-state index < -0.39 is 53.5 Å². The molecule has 0 bridgehead atoms. The number of carbonyl (C=O) groups is 3. The number of rotatable bonds is 6. The van der Waals surface area contributed by atoms with Gasteiger partial charge in [0.2, 0.25) is 12.3 Å². The Labute approximate surface area is 140 Å². The maximum absolute atomic E-state index is 11.5. The summed E-state index contributed by atoms with van der Waals surface area (Å²) >= 11 is 0. The number of hydrogen-bond acceptors (Lipinski definition) is 10. The monoisotopic (exact) mass is 357 g/mol. The van der Waals surface area contributed by atoms with E-state index in [1.54, 1.807) is 0 Å². The molecule has 1 saturated heterocycles. The van der Waals surface area contributed by atoms with Gasteiger partial charge in [-0.15, -0.1) is 0 Å². The summed E-state index contributed by atoms with van der Waals surface area (Å²) in [7, 11) is 0. The van der Waals surface area contributed by atoms with E-state index in [1.807, 2.05) is 0 Å². The molecule has 1 aromatic heterocycles. The SMILES string of the molecule is CC(=O)O[C@@H]1[C@@H](n2ccnc2[N+](=O)[O-])O[C@](C=O)(CO)[C@H]1OC(C)=O. The fourth-order valence-electron chi connectivity index (χ4n) is 2.56. The van der Waals surface area contributed by atoms with Crippen molar-refractivity contribution in [2.24, 2.45) is 0 Å². The van der Waals surface area contributed by atoms with Gasteiger partial charge in [-0.3, -0.25) is 14.4 Å². The molecule has 136 valence electrons. The molecule has 1 aliphatic heterocycles. The summed E-state index contributed by atoms with van der Waals surface area (Å²) in [5.74, 6) is -2.28. The van der Waals surface area contributed by atoms with E-state index in [4.69, 9.17) is 14.2 Å². The van der Waals surface area contributed by atoms with Crippen molar-refractivity contribution in [3.05, 3.63) is 22.5 Å². The van der Waals surface area contributed by atoms with Gasteiger partial charge in [-0.1, -0.05) is 4.98 Å². The van der Waals surface area contributed by atoms with Crippen LogP contribution in [0.2, 0.25) is 0 Å². The molecule has 0 unspecified atom stereocenters. The van der Waals surface area contributed by atoms with Gasteiger partial charge in [0.05, 0.1) is 6.61 Å². The summed E-state index contributed by atoms with van der Waals surface area (Å²) < 4.78 is 16.5. The molecule has 0 aliphatic carbocycles. The van der Waals surface area contributed by atoms with E-state index in [0.29, 0.717) is 0 Å². The van der Waals surface area contributed by atoms with Crippen LogP contribution >= 0.6 is 0 Å². The minimum absolute atomic E-state index is 0.194. The summed E-state index contributed by atoms with van der Waals surface area (Å²) in [6, 6.07) is 0. The van der Waals surface area contributed by atoms with Crippen LogP contribution in [0.5, 0.6) is 0 Å². The Morgan fingerprint density at radius 1 is 1.48 bits per heavy atom. The molecule has 0 amide bonds. The average molecular weight is 357 g/mol. The predicted octanol–water partition coefficient (Wildman–Crippen LogP) is -0.887. The highest BCUT2D eigenvalue weighted by Crippen LogP contribution is 2.41. The second-order valence-corrected chi connectivity index (χ2v) is 5.24. The molecule has 0 radical (unpaired) electrons. The number of nitro groups is 1. The lowest BCUT2D eigenvalue weighted by Gasteiger charge is -2.27. The molecule has 1 N–H and O–H groups in total. The molecule has 1 fully saturated rings. The molecular formula is C13H15N3O9. The number of esters is 2.